The summed E-state index contributed by atoms with van der Waals surface area (Å²) in [5.74, 6) is -0.451. The number of hydrogen-bond donors (Lipinski definition) is 0. The van der Waals surface area contributed by atoms with Gasteiger partial charge in [0.1, 0.15) is 0 Å². The molecule has 0 radical (unpaired) electrons. The van der Waals surface area contributed by atoms with Gasteiger partial charge in [-0.2, -0.15) is 0 Å². The molecule has 2 rings (SSSR count). The molecule has 112 valence electrons. The maximum atomic E-state index is 9.83. The second-order valence-corrected chi connectivity index (χ2v) is 5.98. The van der Waals surface area contributed by atoms with Crippen LogP contribution in [-0.4, -0.2) is 18.7 Å². The minimum absolute atomic E-state index is 0.375. The zero-order chi connectivity index (χ0) is 15.7. The number of aromatic nitrogens is 2. The SMILES string of the molecule is C=C(C)CS(=O)(=O)[O-].c1cc[n+](C[n+]2ccccc2)cc1. The summed E-state index contributed by atoms with van der Waals surface area (Å²) in [4.78, 5) is 0. The molecule has 6 heteroatoms. The van der Waals surface area contributed by atoms with Crippen LogP contribution in [0, 0.1) is 0 Å². The molecule has 0 aliphatic heterocycles. The topological polar surface area (TPSA) is 65.0 Å². The van der Waals surface area contributed by atoms with Crippen molar-refractivity contribution in [2.75, 3.05) is 5.75 Å². The van der Waals surface area contributed by atoms with E-state index >= 15 is 0 Å². The van der Waals surface area contributed by atoms with Crippen LogP contribution in [0.5, 0.6) is 0 Å². The molecule has 2 heterocycles. The van der Waals surface area contributed by atoms with Crippen LogP contribution < -0.4 is 9.13 Å². The molecule has 5 nitrogen and oxygen atoms in total. The number of pyridine rings is 2. The van der Waals surface area contributed by atoms with Crippen molar-refractivity contribution in [1.29, 1.82) is 0 Å². The lowest BCUT2D eigenvalue weighted by atomic mass is 10.4. The van der Waals surface area contributed by atoms with Gasteiger partial charge in [0.05, 0.1) is 15.9 Å². The quantitative estimate of drug-likeness (QED) is 0.478. The van der Waals surface area contributed by atoms with E-state index in [2.05, 4.69) is 40.5 Å². The molecule has 0 N–H and O–H groups in total. The van der Waals surface area contributed by atoms with Gasteiger partial charge in [-0.15, -0.1) is 9.13 Å². The van der Waals surface area contributed by atoms with Gasteiger partial charge in [-0.3, -0.25) is 0 Å². The molecule has 0 atom stereocenters. The zero-order valence-electron chi connectivity index (χ0n) is 11.9. The smallest absolute Gasteiger partial charge is 0.343 e. The zero-order valence-corrected chi connectivity index (χ0v) is 12.7. The summed E-state index contributed by atoms with van der Waals surface area (Å²) in [5.41, 5.74) is 0.375. The minimum Gasteiger partial charge on any atom is -0.748 e. The van der Waals surface area contributed by atoms with Crippen LogP contribution in [0.25, 0.3) is 0 Å². The largest absolute Gasteiger partial charge is 0.748 e. The van der Waals surface area contributed by atoms with Crippen LogP contribution in [0.2, 0.25) is 0 Å². The summed E-state index contributed by atoms with van der Waals surface area (Å²) in [7, 11) is -4.07. The Labute approximate surface area is 125 Å². The molecule has 0 spiro atoms. The summed E-state index contributed by atoms with van der Waals surface area (Å²) in [6, 6.07) is 12.2. The van der Waals surface area contributed by atoms with Crippen LogP contribution in [-0.2, 0) is 16.8 Å². The van der Waals surface area contributed by atoms with E-state index in [0.717, 1.165) is 6.67 Å². The van der Waals surface area contributed by atoms with Crippen molar-refractivity contribution in [2.45, 2.75) is 13.6 Å². The molecule has 0 unspecified atom stereocenters. The summed E-state index contributed by atoms with van der Waals surface area (Å²) in [6.07, 6.45) is 8.22. The van der Waals surface area contributed by atoms with Gasteiger partial charge in [0.25, 0.3) is 0 Å². The first kappa shape index (κ1) is 17.0. The summed E-state index contributed by atoms with van der Waals surface area (Å²) in [5, 5.41) is 0. The number of hydrogen-bond acceptors (Lipinski definition) is 3. The Bertz CT molecular complexity index is 618. The highest BCUT2D eigenvalue weighted by Gasteiger charge is 2.03. The molecule has 0 aliphatic rings. The van der Waals surface area contributed by atoms with E-state index in [9.17, 15) is 13.0 Å². The molecule has 0 bridgehead atoms. The summed E-state index contributed by atoms with van der Waals surface area (Å²) in [6.45, 7) is 5.62. The third kappa shape index (κ3) is 8.67. The Morgan fingerprint density at radius 1 is 0.952 bits per heavy atom. The lowest BCUT2D eigenvalue weighted by molar-refractivity contribution is -0.913. The summed E-state index contributed by atoms with van der Waals surface area (Å²) >= 11 is 0. The maximum Gasteiger partial charge on any atom is 0.343 e. The Kier molecular flexibility index (Phi) is 6.71. The Hall–Kier alpha value is -2.05. The normalized spacial score (nSPS) is 10.4. The number of nitrogens with zero attached hydrogens (tertiary/aromatic N) is 2. The van der Waals surface area contributed by atoms with Gasteiger partial charge in [-0.1, -0.05) is 24.3 Å². The molecule has 0 aromatic carbocycles. The van der Waals surface area contributed by atoms with Gasteiger partial charge in [0.15, 0.2) is 24.8 Å². The second-order valence-electron chi connectivity index (χ2n) is 4.58. The molecule has 0 amide bonds. The number of rotatable bonds is 4. The first-order valence-electron chi connectivity index (χ1n) is 6.33. The van der Waals surface area contributed by atoms with Crippen molar-refractivity contribution >= 4 is 10.1 Å². The minimum atomic E-state index is -4.07. The van der Waals surface area contributed by atoms with Gasteiger partial charge < -0.3 is 4.55 Å². The van der Waals surface area contributed by atoms with Crippen LogP contribution in [0.1, 0.15) is 6.92 Å². The van der Waals surface area contributed by atoms with Gasteiger partial charge in [0, 0.05) is 24.3 Å². The molecule has 2 aromatic rings. The van der Waals surface area contributed by atoms with Crippen molar-refractivity contribution < 1.29 is 22.1 Å². The van der Waals surface area contributed by atoms with Crippen molar-refractivity contribution in [2.24, 2.45) is 0 Å². The third-order valence-corrected chi connectivity index (χ3v) is 3.15. The van der Waals surface area contributed by atoms with Crippen molar-refractivity contribution in [1.82, 2.24) is 0 Å². The van der Waals surface area contributed by atoms with Crippen LogP contribution in [0.15, 0.2) is 73.3 Å². The standard InChI is InChI=1S/C11H12N2.C4H8O3S/c1-3-7-12(8-4-1)11-13-9-5-2-6-10-13;1-4(2)3-8(5,6)7/h1-10H,11H2;1,3H2,2H3,(H,5,6,7)/q+2;/p-1. The fraction of sp³-hybridized carbons (Fsp3) is 0.200. The van der Waals surface area contributed by atoms with E-state index in [4.69, 9.17) is 0 Å². The van der Waals surface area contributed by atoms with Crippen molar-refractivity contribution in [3.05, 3.63) is 73.3 Å². The fourth-order valence-corrected chi connectivity index (χ4v) is 2.15. The fourth-order valence-electron chi connectivity index (χ4n) is 1.55. The Balaban J connectivity index is 0.000000240. The second kappa shape index (κ2) is 8.28. The average molecular weight is 307 g/mol. The van der Waals surface area contributed by atoms with Crippen LogP contribution >= 0.6 is 0 Å². The maximum absolute atomic E-state index is 9.83. The highest BCUT2D eigenvalue weighted by molar-refractivity contribution is 7.85. The molecular formula is C15H19N2O3S+. The van der Waals surface area contributed by atoms with Crippen molar-refractivity contribution in [3.63, 3.8) is 0 Å². The molecular weight excluding hydrogens is 288 g/mol. The van der Waals surface area contributed by atoms with Gasteiger partial charge >= 0.3 is 6.67 Å². The molecule has 0 saturated heterocycles. The molecule has 0 aliphatic carbocycles. The monoisotopic (exact) mass is 307 g/mol. The molecule has 21 heavy (non-hydrogen) atoms. The summed E-state index contributed by atoms with van der Waals surface area (Å²) < 4.78 is 33.7. The van der Waals surface area contributed by atoms with E-state index < -0.39 is 15.9 Å². The predicted octanol–water partition coefficient (Wildman–Crippen LogP) is 0.875. The lowest BCUT2D eigenvalue weighted by Gasteiger charge is -2.03. The lowest BCUT2D eigenvalue weighted by Crippen LogP contribution is -2.50. The average Bonchev–Trinajstić information content (AvgIpc) is 2.39. The molecule has 0 fully saturated rings. The highest BCUT2D eigenvalue weighted by atomic mass is 32.2. The predicted molar refractivity (Wildman–Crippen MR) is 78.1 cm³/mol. The first-order chi connectivity index (χ1) is 9.87. The van der Waals surface area contributed by atoms with Gasteiger partial charge in [0.2, 0.25) is 0 Å². The highest BCUT2D eigenvalue weighted by Crippen LogP contribution is 1.91. The van der Waals surface area contributed by atoms with E-state index in [1.54, 1.807) is 0 Å². The third-order valence-electron chi connectivity index (χ3n) is 2.30. The van der Waals surface area contributed by atoms with Gasteiger partial charge in [-0.05, 0) is 6.92 Å². The molecule has 0 saturated carbocycles. The first-order valence-corrected chi connectivity index (χ1v) is 7.91. The Morgan fingerprint density at radius 3 is 1.57 bits per heavy atom. The van der Waals surface area contributed by atoms with E-state index in [-0.39, 0.29) is 0 Å². The van der Waals surface area contributed by atoms with Crippen LogP contribution in [0.4, 0.5) is 0 Å². The van der Waals surface area contributed by atoms with Crippen LogP contribution in [0.3, 0.4) is 0 Å². The van der Waals surface area contributed by atoms with E-state index in [1.165, 1.54) is 6.92 Å². The Morgan fingerprint density at radius 2 is 1.33 bits per heavy atom. The van der Waals surface area contributed by atoms with Gasteiger partial charge in [-0.25, -0.2) is 8.42 Å². The van der Waals surface area contributed by atoms with E-state index in [0.29, 0.717) is 5.57 Å². The van der Waals surface area contributed by atoms with E-state index in [1.807, 2.05) is 36.4 Å². The molecule has 2 aromatic heterocycles. The van der Waals surface area contributed by atoms with Crippen molar-refractivity contribution in [3.8, 4) is 0 Å².